The van der Waals surface area contributed by atoms with Crippen LogP contribution < -0.4 is 0 Å². The molecule has 0 aromatic carbocycles. The van der Waals surface area contributed by atoms with Gasteiger partial charge in [-0.05, 0) is 12.8 Å². The van der Waals surface area contributed by atoms with Crippen LogP contribution in [0.15, 0.2) is 23.8 Å². The van der Waals surface area contributed by atoms with Crippen molar-refractivity contribution in [1.82, 2.24) is 0 Å². The monoisotopic (exact) mass is 222 g/mol. The molecule has 0 N–H and O–H groups in total. The zero-order valence-corrected chi connectivity index (χ0v) is 10.2. The lowest BCUT2D eigenvalue weighted by Gasteiger charge is -2.05. The number of carbonyl (C=O) groups excluding carboxylic acids is 1. The van der Waals surface area contributed by atoms with Gasteiger partial charge in [0.25, 0.3) is 0 Å². The molecule has 0 saturated carbocycles. The van der Waals surface area contributed by atoms with Crippen molar-refractivity contribution in [3.05, 3.63) is 23.8 Å². The van der Waals surface area contributed by atoms with Crippen molar-refractivity contribution in [1.29, 1.82) is 0 Å². The smallest absolute Gasteiger partial charge is 0.334 e. The lowest BCUT2D eigenvalue weighted by atomic mass is 10.1. The molecule has 1 rings (SSSR count). The van der Waals surface area contributed by atoms with Gasteiger partial charge < -0.3 is 4.74 Å². The Balaban J connectivity index is 1.93. The van der Waals surface area contributed by atoms with Crippen molar-refractivity contribution in [3.63, 3.8) is 0 Å². The predicted molar refractivity (Wildman–Crippen MR) is 66.2 cm³/mol. The highest BCUT2D eigenvalue weighted by Crippen LogP contribution is 2.12. The van der Waals surface area contributed by atoms with Gasteiger partial charge in [0, 0.05) is 5.57 Å². The summed E-state index contributed by atoms with van der Waals surface area (Å²) < 4.78 is 5.19. The Morgan fingerprint density at radius 3 is 2.69 bits per heavy atom. The van der Waals surface area contributed by atoms with E-state index in [1.807, 2.05) is 18.2 Å². The van der Waals surface area contributed by atoms with Gasteiger partial charge in [-0.25, -0.2) is 4.79 Å². The summed E-state index contributed by atoms with van der Waals surface area (Å²) in [6.07, 6.45) is 13.8. The normalized spacial score (nSPS) is 13.9. The van der Waals surface area contributed by atoms with E-state index in [0.29, 0.717) is 6.61 Å². The summed E-state index contributed by atoms with van der Waals surface area (Å²) in [4.78, 5) is 11.4. The molecule has 0 unspecified atom stereocenters. The minimum atomic E-state index is -0.140. The van der Waals surface area contributed by atoms with Crippen LogP contribution in [-0.4, -0.2) is 12.6 Å². The first-order valence-corrected chi connectivity index (χ1v) is 6.37. The number of rotatable bonds is 8. The largest absolute Gasteiger partial charge is 0.462 e. The first kappa shape index (κ1) is 13.0. The van der Waals surface area contributed by atoms with E-state index in [1.54, 1.807) is 0 Å². The lowest BCUT2D eigenvalue weighted by molar-refractivity contribution is -0.139. The zero-order chi connectivity index (χ0) is 11.6. The SMILES string of the molecule is CCCCCCCCOC(=O)C1=CC=CC1. The third-order valence-electron chi connectivity index (χ3n) is 2.76. The Kier molecular flexibility index (Phi) is 6.62. The molecule has 0 saturated heterocycles. The minimum Gasteiger partial charge on any atom is -0.462 e. The van der Waals surface area contributed by atoms with E-state index in [1.165, 1.54) is 32.1 Å². The van der Waals surface area contributed by atoms with Crippen LogP contribution in [0.25, 0.3) is 0 Å². The quantitative estimate of drug-likeness (QED) is 0.461. The molecule has 0 fully saturated rings. The highest BCUT2D eigenvalue weighted by Gasteiger charge is 2.10. The minimum absolute atomic E-state index is 0.140. The van der Waals surface area contributed by atoms with E-state index < -0.39 is 0 Å². The van der Waals surface area contributed by atoms with E-state index in [4.69, 9.17) is 4.74 Å². The van der Waals surface area contributed by atoms with Crippen molar-refractivity contribution in [2.45, 2.75) is 51.9 Å². The Bertz CT molecular complexity index is 264. The highest BCUT2D eigenvalue weighted by atomic mass is 16.5. The van der Waals surface area contributed by atoms with E-state index in [9.17, 15) is 4.79 Å². The molecule has 0 bridgehead atoms. The molecule has 0 aliphatic heterocycles. The van der Waals surface area contributed by atoms with Gasteiger partial charge in [0.05, 0.1) is 6.61 Å². The Hall–Kier alpha value is -1.05. The topological polar surface area (TPSA) is 26.3 Å². The summed E-state index contributed by atoms with van der Waals surface area (Å²) in [6, 6.07) is 0. The fraction of sp³-hybridized carbons (Fsp3) is 0.643. The van der Waals surface area contributed by atoms with Crippen molar-refractivity contribution in [3.8, 4) is 0 Å². The van der Waals surface area contributed by atoms with E-state index in [-0.39, 0.29) is 5.97 Å². The summed E-state index contributed by atoms with van der Waals surface area (Å²) in [5.41, 5.74) is 0.783. The van der Waals surface area contributed by atoms with Gasteiger partial charge in [-0.2, -0.15) is 0 Å². The van der Waals surface area contributed by atoms with Gasteiger partial charge in [-0.3, -0.25) is 0 Å². The van der Waals surface area contributed by atoms with Crippen molar-refractivity contribution >= 4 is 5.97 Å². The highest BCUT2D eigenvalue weighted by molar-refractivity contribution is 5.89. The van der Waals surface area contributed by atoms with Crippen LogP contribution in [0, 0.1) is 0 Å². The van der Waals surface area contributed by atoms with Crippen LogP contribution in [0.5, 0.6) is 0 Å². The van der Waals surface area contributed by atoms with Crippen molar-refractivity contribution < 1.29 is 9.53 Å². The maximum absolute atomic E-state index is 11.4. The average Bonchev–Trinajstić information content (AvgIpc) is 2.81. The van der Waals surface area contributed by atoms with Crippen LogP contribution in [0.3, 0.4) is 0 Å². The number of carbonyl (C=O) groups is 1. The molecule has 90 valence electrons. The summed E-state index contributed by atoms with van der Waals surface area (Å²) in [6.45, 7) is 2.79. The molecular formula is C14H22O2. The summed E-state index contributed by atoms with van der Waals surface area (Å²) >= 11 is 0. The molecule has 0 atom stereocenters. The maximum atomic E-state index is 11.4. The van der Waals surface area contributed by atoms with Crippen molar-refractivity contribution in [2.24, 2.45) is 0 Å². The second-order valence-electron chi connectivity index (χ2n) is 4.23. The van der Waals surface area contributed by atoms with Gasteiger partial charge in [0.2, 0.25) is 0 Å². The standard InChI is InChI=1S/C14H22O2/c1-2-3-4-5-6-9-12-16-14(15)13-10-7-8-11-13/h7-8,10H,2-6,9,11-12H2,1H3. The third kappa shape index (κ3) is 5.15. The number of hydrogen-bond donors (Lipinski definition) is 0. The summed E-state index contributed by atoms with van der Waals surface area (Å²) in [5, 5.41) is 0. The zero-order valence-electron chi connectivity index (χ0n) is 10.2. The van der Waals surface area contributed by atoms with Crippen molar-refractivity contribution in [2.75, 3.05) is 6.61 Å². The van der Waals surface area contributed by atoms with Gasteiger partial charge >= 0.3 is 5.97 Å². The van der Waals surface area contributed by atoms with Crippen LogP contribution in [-0.2, 0) is 9.53 Å². The summed E-state index contributed by atoms with van der Waals surface area (Å²) in [7, 11) is 0. The number of ether oxygens (including phenoxy) is 1. The fourth-order valence-corrected chi connectivity index (χ4v) is 1.74. The van der Waals surface area contributed by atoms with Gasteiger partial charge in [-0.1, -0.05) is 57.3 Å². The second-order valence-corrected chi connectivity index (χ2v) is 4.23. The third-order valence-corrected chi connectivity index (χ3v) is 2.76. The number of esters is 1. The summed E-state index contributed by atoms with van der Waals surface area (Å²) in [5.74, 6) is -0.140. The van der Waals surface area contributed by atoms with Crippen LogP contribution in [0.4, 0.5) is 0 Å². The molecule has 2 nitrogen and oxygen atoms in total. The number of hydrogen-bond acceptors (Lipinski definition) is 2. The predicted octanol–water partition coefficient (Wildman–Crippen LogP) is 3.78. The number of unbranched alkanes of at least 4 members (excludes halogenated alkanes) is 5. The fourth-order valence-electron chi connectivity index (χ4n) is 1.74. The molecule has 2 heteroatoms. The van der Waals surface area contributed by atoms with E-state index in [2.05, 4.69) is 6.92 Å². The van der Waals surface area contributed by atoms with Crippen LogP contribution in [0.2, 0.25) is 0 Å². The van der Waals surface area contributed by atoms with E-state index >= 15 is 0 Å². The van der Waals surface area contributed by atoms with Gasteiger partial charge in [0.15, 0.2) is 0 Å². The average molecular weight is 222 g/mol. The first-order chi connectivity index (χ1) is 7.84. The molecule has 0 aromatic rings. The molecule has 1 aliphatic carbocycles. The molecule has 0 spiro atoms. The van der Waals surface area contributed by atoms with E-state index in [0.717, 1.165) is 18.4 Å². The number of allylic oxidation sites excluding steroid dienone is 3. The molecule has 0 heterocycles. The lowest BCUT2D eigenvalue weighted by Crippen LogP contribution is -2.07. The first-order valence-electron chi connectivity index (χ1n) is 6.37. The molecule has 16 heavy (non-hydrogen) atoms. The molecule has 1 aliphatic rings. The van der Waals surface area contributed by atoms with Crippen LogP contribution >= 0.6 is 0 Å². The molecular weight excluding hydrogens is 200 g/mol. The second kappa shape index (κ2) is 8.14. The molecule has 0 amide bonds. The maximum Gasteiger partial charge on any atom is 0.334 e. The Labute approximate surface area is 98.4 Å². The van der Waals surface area contributed by atoms with Gasteiger partial charge in [-0.15, -0.1) is 0 Å². The van der Waals surface area contributed by atoms with Crippen LogP contribution in [0.1, 0.15) is 51.9 Å². The van der Waals surface area contributed by atoms with Gasteiger partial charge in [0.1, 0.15) is 0 Å². The Morgan fingerprint density at radius 2 is 2.00 bits per heavy atom. The molecule has 0 radical (unpaired) electrons. The Morgan fingerprint density at radius 1 is 1.25 bits per heavy atom. The molecule has 0 aromatic heterocycles.